The summed E-state index contributed by atoms with van der Waals surface area (Å²) < 4.78 is 1.74. The minimum absolute atomic E-state index is 0.0361. The molecule has 1 amide bonds. The first-order chi connectivity index (χ1) is 14.5. The van der Waals surface area contributed by atoms with Gasteiger partial charge < -0.3 is 5.32 Å². The number of nitro groups is 1. The van der Waals surface area contributed by atoms with Crippen molar-refractivity contribution < 1.29 is 9.72 Å². The lowest BCUT2D eigenvalue weighted by atomic mass is 10.1. The fraction of sp³-hybridized carbons (Fsp3) is 0.0435. The molecule has 30 heavy (non-hydrogen) atoms. The molecule has 0 unspecified atom stereocenters. The largest absolute Gasteiger partial charge is 0.322 e. The molecule has 0 saturated heterocycles. The number of carbonyl (C=O) groups is 1. The maximum absolute atomic E-state index is 13.2. The number of benzene rings is 3. The second kappa shape index (κ2) is 8.00. The zero-order chi connectivity index (χ0) is 21.1. The van der Waals surface area contributed by atoms with Crippen LogP contribution in [0.1, 0.15) is 16.1 Å². The summed E-state index contributed by atoms with van der Waals surface area (Å²) in [6.45, 7) is 1.84. The van der Waals surface area contributed by atoms with Crippen LogP contribution in [0.15, 0.2) is 84.9 Å². The molecule has 0 aliphatic heterocycles. The summed E-state index contributed by atoms with van der Waals surface area (Å²) in [6, 6.07) is 24.8. The molecule has 0 spiro atoms. The van der Waals surface area contributed by atoms with Crippen LogP contribution < -0.4 is 5.32 Å². The van der Waals surface area contributed by atoms with Gasteiger partial charge in [0.2, 0.25) is 0 Å². The van der Waals surface area contributed by atoms with Crippen LogP contribution >= 0.6 is 0 Å². The molecule has 0 bridgehead atoms. The first kappa shape index (κ1) is 19.1. The van der Waals surface area contributed by atoms with Crippen molar-refractivity contribution in [2.75, 3.05) is 5.32 Å². The van der Waals surface area contributed by atoms with Crippen LogP contribution in [0.2, 0.25) is 0 Å². The highest BCUT2D eigenvalue weighted by atomic mass is 16.6. The molecule has 1 heterocycles. The SMILES string of the molecule is Cc1c(C(=O)Nc2ccc([N+](=O)[O-])cc2)c(-c2ccccc2)nn1-c1ccccc1. The first-order valence-electron chi connectivity index (χ1n) is 9.31. The molecule has 1 N–H and O–H groups in total. The van der Waals surface area contributed by atoms with Crippen molar-refractivity contribution in [2.24, 2.45) is 0 Å². The van der Waals surface area contributed by atoms with Crippen molar-refractivity contribution >= 4 is 17.3 Å². The van der Waals surface area contributed by atoms with E-state index < -0.39 is 4.92 Å². The van der Waals surface area contributed by atoms with E-state index in [2.05, 4.69) is 5.32 Å². The third kappa shape index (κ3) is 3.68. The van der Waals surface area contributed by atoms with Crippen LogP contribution in [-0.2, 0) is 0 Å². The molecule has 0 aliphatic rings. The lowest BCUT2D eigenvalue weighted by Gasteiger charge is -2.07. The second-order valence-corrected chi connectivity index (χ2v) is 6.68. The van der Waals surface area contributed by atoms with Gasteiger partial charge >= 0.3 is 0 Å². The average Bonchev–Trinajstić information content (AvgIpc) is 3.12. The molecule has 3 aromatic carbocycles. The summed E-state index contributed by atoms with van der Waals surface area (Å²) in [6.07, 6.45) is 0. The highest BCUT2D eigenvalue weighted by Crippen LogP contribution is 2.28. The van der Waals surface area contributed by atoms with Crippen LogP contribution in [0.25, 0.3) is 16.9 Å². The van der Waals surface area contributed by atoms with Crippen molar-refractivity contribution in [2.45, 2.75) is 6.92 Å². The van der Waals surface area contributed by atoms with E-state index in [1.165, 1.54) is 24.3 Å². The lowest BCUT2D eigenvalue weighted by Crippen LogP contribution is -2.14. The van der Waals surface area contributed by atoms with E-state index in [1.54, 1.807) is 4.68 Å². The van der Waals surface area contributed by atoms with Crippen LogP contribution in [0, 0.1) is 17.0 Å². The van der Waals surface area contributed by atoms with Gasteiger partial charge in [-0.25, -0.2) is 4.68 Å². The minimum Gasteiger partial charge on any atom is -0.322 e. The number of anilines is 1. The van der Waals surface area contributed by atoms with Crippen molar-refractivity contribution in [1.29, 1.82) is 0 Å². The van der Waals surface area contributed by atoms with Gasteiger partial charge in [-0.3, -0.25) is 14.9 Å². The molecule has 0 aliphatic carbocycles. The number of non-ortho nitro benzene ring substituents is 1. The molecule has 0 fully saturated rings. The van der Waals surface area contributed by atoms with Crippen molar-refractivity contribution in [3.8, 4) is 16.9 Å². The number of hydrogen-bond donors (Lipinski definition) is 1. The topological polar surface area (TPSA) is 90.1 Å². The highest BCUT2D eigenvalue weighted by Gasteiger charge is 2.23. The molecule has 148 valence electrons. The zero-order valence-electron chi connectivity index (χ0n) is 16.1. The number of nitro benzene ring substituents is 1. The average molecular weight is 398 g/mol. The van der Waals surface area contributed by atoms with Crippen molar-refractivity contribution in [3.05, 3.63) is 106 Å². The summed E-state index contributed by atoms with van der Waals surface area (Å²) in [5.74, 6) is -0.331. The van der Waals surface area contributed by atoms with Crippen LogP contribution in [-0.4, -0.2) is 20.6 Å². The number of carbonyl (C=O) groups excluding carboxylic acids is 1. The monoisotopic (exact) mass is 398 g/mol. The Hall–Kier alpha value is -4.26. The predicted octanol–water partition coefficient (Wildman–Crippen LogP) is 5.01. The first-order valence-corrected chi connectivity index (χ1v) is 9.31. The van der Waals surface area contributed by atoms with E-state index in [0.717, 1.165) is 11.3 Å². The Kier molecular flexibility index (Phi) is 5.09. The number of hydrogen-bond acceptors (Lipinski definition) is 4. The van der Waals surface area contributed by atoms with Crippen LogP contribution in [0.5, 0.6) is 0 Å². The highest BCUT2D eigenvalue weighted by molar-refractivity contribution is 6.09. The Balaban J connectivity index is 1.76. The molecule has 1 aromatic heterocycles. The Morgan fingerprint density at radius 3 is 2.13 bits per heavy atom. The number of rotatable bonds is 5. The summed E-state index contributed by atoms with van der Waals surface area (Å²) in [5, 5.41) is 18.4. The summed E-state index contributed by atoms with van der Waals surface area (Å²) in [5.41, 5.74) is 3.81. The number of nitrogens with zero attached hydrogens (tertiary/aromatic N) is 3. The normalized spacial score (nSPS) is 10.6. The third-order valence-electron chi connectivity index (χ3n) is 4.73. The van der Waals surface area contributed by atoms with Gasteiger partial charge in [0.25, 0.3) is 11.6 Å². The third-order valence-corrected chi connectivity index (χ3v) is 4.73. The van der Waals surface area contributed by atoms with E-state index in [1.807, 2.05) is 67.6 Å². The molecule has 4 rings (SSSR count). The summed E-state index contributed by atoms with van der Waals surface area (Å²) in [7, 11) is 0. The quantitative estimate of drug-likeness (QED) is 0.378. The smallest absolute Gasteiger partial charge is 0.269 e. The Bertz CT molecular complexity index is 1200. The maximum Gasteiger partial charge on any atom is 0.269 e. The number of aromatic nitrogens is 2. The standard InChI is InChI=1S/C23H18N4O3/c1-16-21(23(28)24-18-12-14-20(15-13-18)27(29)30)22(17-8-4-2-5-9-17)25-26(16)19-10-6-3-7-11-19/h2-15H,1H3,(H,24,28). The van der Waals surface area contributed by atoms with Gasteiger partial charge in [0.05, 0.1) is 21.9 Å². The van der Waals surface area contributed by atoms with Gasteiger partial charge in [-0.05, 0) is 31.2 Å². The Labute approximate surface area is 172 Å². The van der Waals surface area contributed by atoms with Gasteiger partial charge in [-0.15, -0.1) is 0 Å². The van der Waals surface area contributed by atoms with E-state index in [4.69, 9.17) is 5.10 Å². The van der Waals surface area contributed by atoms with Gasteiger partial charge in [-0.1, -0.05) is 48.5 Å². The number of amides is 1. The van der Waals surface area contributed by atoms with E-state index in [-0.39, 0.29) is 11.6 Å². The molecule has 7 heteroatoms. The van der Waals surface area contributed by atoms with Gasteiger partial charge in [0.1, 0.15) is 5.69 Å². The molecule has 0 radical (unpaired) electrons. The predicted molar refractivity (Wildman–Crippen MR) is 115 cm³/mol. The summed E-state index contributed by atoms with van der Waals surface area (Å²) in [4.78, 5) is 23.6. The molecule has 0 atom stereocenters. The molecule has 0 saturated carbocycles. The number of nitrogens with one attached hydrogen (secondary N) is 1. The maximum atomic E-state index is 13.2. The lowest BCUT2D eigenvalue weighted by molar-refractivity contribution is -0.384. The second-order valence-electron chi connectivity index (χ2n) is 6.68. The van der Waals surface area contributed by atoms with Crippen molar-refractivity contribution in [3.63, 3.8) is 0 Å². The van der Waals surface area contributed by atoms with E-state index >= 15 is 0 Å². The van der Waals surface area contributed by atoms with Gasteiger partial charge in [0, 0.05) is 23.4 Å². The zero-order valence-corrected chi connectivity index (χ0v) is 16.1. The fourth-order valence-corrected chi connectivity index (χ4v) is 3.25. The fourth-order valence-electron chi connectivity index (χ4n) is 3.25. The number of para-hydroxylation sites is 1. The van der Waals surface area contributed by atoms with Crippen LogP contribution in [0.3, 0.4) is 0 Å². The minimum atomic E-state index is -0.479. The van der Waals surface area contributed by atoms with Gasteiger partial charge in [0.15, 0.2) is 0 Å². The van der Waals surface area contributed by atoms with E-state index in [0.29, 0.717) is 22.6 Å². The Morgan fingerprint density at radius 1 is 0.933 bits per heavy atom. The molecule has 7 nitrogen and oxygen atoms in total. The van der Waals surface area contributed by atoms with E-state index in [9.17, 15) is 14.9 Å². The van der Waals surface area contributed by atoms with Crippen molar-refractivity contribution in [1.82, 2.24) is 9.78 Å². The molecular formula is C23H18N4O3. The molecule has 4 aromatic rings. The van der Waals surface area contributed by atoms with Gasteiger partial charge in [-0.2, -0.15) is 5.10 Å². The summed E-state index contributed by atoms with van der Waals surface area (Å²) >= 11 is 0. The molecular weight excluding hydrogens is 380 g/mol. The van der Waals surface area contributed by atoms with Crippen LogP contribution in [0.4, 0.5) is 11.4 Å². The Morgan fingerprint density at radius 2 is 1.53 bits per heavy atom.